The normalized spacial score (nSPS) is 25.9. The number of halogens is 3. The van der Waals surface area contributed by atoms with Crippen molar-refractivity contribution in [1.82, 2.24) is 24.1 Å². The zero-order valence-electron chi connectivity index (χ0n) is 21.3. The van der Waals surface area contributed by atoms with Crippen molar-refractivity contribution in [1.29, 1.82) is 5.26 Å². The molecule has 2 N–H and O–H groups in total. The van der Waals surface area contributed by atoms with Gasteiger partial charge in [0.2, 0.25) is 11.8 Å². The molecule has 0 bridgehead atoms. The third kappa shape index (κ3) is 5.50. The van der Waals surface area contributed by atoms with E-state index in [0.29, 0.717) is 51.9 Å². The lowest BCUT2D eigenvalue weighted by atomic mass is 9.87. The van der Waals surface area contributed by atoms with Crippen LogP contribution >= 0.6 is 11.6 Å². The van der Waals surface area contributed by atoms with Gasteiger partial charge in [0, 0.05) is 57.3 Å². The molecule has 0 aromatic heterocycles. The molecule has 2 amide bonds. The summed E-state index contributed by atoms with van der Waals surface area (Å²) in [5, 5.41) is 14.6. The van der Waals surface area contributed by atoms with Gasteiger partial charge in [-0.2, -0.15) is 22.3 Å². The van der Waals surface area contributed by atoms with Gasteiger partial charge in [0.05, 0.1) is 29.0 Å². The van der Waals surface area contributed by atoms with Crippen molar-refractivity contribution in [3.63, 3.8) is 0 Å². The monoisotopic (exact) mass is 584 g/mol. The first-order chi connectivity index (χ1) is 18.6. The molecule has 0 saturated carbocycles. The minimum Gasteiger partial charge on any atom is -0.347 e. The topological polar surface area (TPSA) is 126 Å². The average Bonchev–Trinajstić information content (AvgIpc) is 3.34. The summed E-state index contributed by atoms with van der Waals surface area (Å²) in [4.78, 5) is 28.5. The summed E-state index contributed by atoms with van der Waals surface area (Å²) in [7, 11) is -3.77. The van der Waals surface area contributed by atoms with Gasteiger partial charge in [-0.3, -0.25) is 9.59 Å². The summed E-state index contributed by atoms with van der Waals surface area (Å²) in [6, 6.07) is 2.38. The Morgan fingerprint density at radius 2 is 1.79 bits per heavy atom. The van der Waals surface area contributed by atoms with E-state index in [1.807, 2.05) is 0 Å². The zero-order valence-corrected chi connectivity index (χ0v) is 22.9. The molecule has 1 aromatic carbocycles. The molecule has 4 aliphatic heterocycles. The molecule has 14 heteroatoms. The minimum absolute atomic E-state index is 0.00499. The highest BCUT2D eigenvalue weighted by molar-refractivity contribution is 7.86. The molecule has 0 radical (unpaired) electrons. The van der Waals surface area contributed by atoms with Gasteiger partial charge < -0.3 is 15.5 Å². The average molecular weight is 585 g/mol. The number of hydrogen-bond acceptors (Lipinski definition) is 6. The zero-order chi connectivity index (χ0) is 27.9. The van der Waals surface area contributed by atoms with Crippen LogP contribution in [0.15, 0.2) is 12.1 Å². The Labute approximate surface area is 231 Å². The van der Waals surface area contributed by atoms with Crippen LogP contribution in [0.1, 0.15) is 37.3 Å². The van der Waals surface area contributed by atoms with E-state index in [1.165, 1.54) is 13.5 Å². The highest BCUT2D eigenvalue weighted by Crippen LogP contribution is 2.32. The van der Waals surface area contributed by atoms with Gasteiger partial charge in [0.25, 0.3) is 10.2 Å². The van der Waals surface area contributed by atoms with Crippen LogP contribution in [0, 0.1) is 40.7 Å². The first kappa shape index (κ1) is 28.2. The van der Waals surface area contributed by atoms with Crippen LogP contribution < -0.4 is 10.6 Å². The molecule has 39 heavy (non-hydrogen) atoms. The highest BCUT2D eigenvalue weighted by Gasteiger charge is 2.44. The summed E-state index contributed by atoms with van der Waals surface area (Å²) in [5.41, 5.74) is 0.00499. The Morgan fingerprint density at radius 1 is 1.08 bits per heavy atom. The summed E-state index contributed by atoms with van der Waals surface area (Å²) in [6.07, 6.45) is 2.03. The second kappa shape index (κ2) is 11.2. The quantitative estimate of drug-likeness (QED) is 0.467. The van der Waals surface area contributed by atoms with E-state index < -0.39 is 45.8 Å². The van der Waals surface area contributed by atoms with Gasteiger partial charge in [0.15, 0.2) is 0 Å². The van der Waals surface area contributed by atoms with Gasteiger partial charge in [0.1, 0.15) is 17.7 Å². The summed E-state index contributed by atoms with van der Waals surface area (Å²) < 4.78 is 57.5. The Balaban J connectivity index is 1.27. The van der Waals surface area contributed by atoms with Crippen LogP contribution in [0.25, 0.3) is 0 Å². The lowest BCUT2D eigenvalue weighted by molar-refractivity contribution is -0.143. The number of hydrogen-bond donors (Lipinski definition) is 2. The van der Waals surface area contributed by atoms with E-state index in [9.17, 15) is 26.8 Å². The van der Waals surface area contributed by atoms with Crippen molar-refractivity contribution in [2.75, 3.05) is 45.8 Å². The number of amides is 2. The lowest BCUT2D eigenvalue weighted by Gasteiger charge is -2.41. The van der Waals surface area contributed by atoms with E-state index in [1.54, 1.807) is 0 Å². The van der Waals surface area contributed by atoms with Crippen molar-refractivity contribution >= 4 is 33.6 Å². The largest absolute Gasteiger partial charge is 0.347 e. The van der Waals surface area contributed by atoms with E-state index in [2.05, 4.69) is 16.7 Å². The third-order valence-corrected chi connectivity index (χ3v) is 10.4. The molecule has 0 spiro atoms. The molecule has 4 fully saturated rings. The standard InChI is InChI=1S/C25H31ClF2N6O4S/c26-19-8-20(27)18(7-21(19)28)23(17-10-30-11-17)31-24(35)22-4-2-6-34(22)25(36)16-3-1-5-32(14-16)39(37,38)33-12-15(9-29)13-33/h7-8,15-17,22-23,30H,1-6,10-14H2,(H,31,35)/t16?,22?,23-/m0/s1. The maximum Gasteiger partial charge on any atom is 0.282 e. The third-order valence-electron chi connectivity index (χ3n) is 8.21. The molecular formula is C25H31ClF2N6O4S. The minimum atomic E-state index is -3.77. The molecule has 5 rings (SSSR count). The van der Waals surface area contributed by atoms with E-state index in [4.69, 9.17) is 16.9 Å². The summed E-state index contributed by atoms with van der Waals surface area (Å²) in [6.45, 7) is 2.00. The molecule has 2 unspecified atom stereocenters. The van der Waals surface area contributed by atoms with Crippen molar-refractivity contribution in [3.8, 4) is 6.07 Å². The van der Waals surface area contributed by atoms with Crippen molar-refractivity contribution in [2.24, 2.45) is 17.8 Å². The van der Waals surface area contributed by atoms with E-state index >= 15 is 0 Å². The van der Waals surface area contributed by atoms with Crippen LogP contribution in [0.4, 0.5) is 8.78 Å². The van der Waals surface area contributed by atoms with Crippen molar-refractivity contribution in [2.45, 2.75) is 37.8 Å². The van der Waals surface area contributed by atoms with Crippen LogP contribution in [0.2, 0.25) is 5.02 Å². The number of likely N-dealkylation sites (tertiary alicyclic amines) is 1. The second-order valence-electron chi connectivity index (χ2n) is 10.7. The Morgan fingerprint density at radius 3 is 2.46 bits per heavy atom. The number of carbonyl (C=O) groups excluding carboxylic acids is 2. The first-order valence-corrected chi connectivity index (χ1v) is 15.0. The number of benzene rings is 1. The molecule has 10 nitrogen and oxygen atoms in total. The predicted molar refractivity (Wildman–Crippen MR) is 137 cm³/mol. The summed E-state index contributed by atoms with van der Waals surface area (Å²) in [5.74, 6) is -3.30. The van der Waals surface area contributed by atoms with Gasteiger partial charge >= 0.3 is 0 Å². The van der Waals surface area contributed by atoms with Gasteiger partial charge in [-0.05, 0) is 37.8 Å². The first-order valence-electron chi connectivity index (χ1n) is 13.2. The Bertz CT molecular complexity index is 1280. The van der Waals surface area contributed by atoms with Gasteiger partial charge in [-0.1, -0.05) is 11.6 Å². The van der Waals surface area contributed by atoms with Crippen molar-refractivity contribution < 1.29 is 26.8 Å². The molecular weight excluding hydrogens is 554 g/mol. The smallest absolute Gasteiger partial charge is 0.282 e. The predicted octanol–water partition coefficient (Wildman–Crippen LogP) is 1.40. The highest BCUT2D eigenvalue weighted by atomic mass is 35.5. The molecule has 212 valence electrons. The molecule has 4 saturated heterocycles. The Hall–Kier alpha value is -2.37. The number of carbonyl (C=O) groups is 2. The van der Waals surface area contributed by atoms with Crippen LogP contribution in [-0.2, 0) is 19.8 Å². The molecule has 3 atom stereocenters. The number of nitrogens with one attached hydrogen (secondary N) is 2. The fourth-order valence-electron chi connectivity index (χ4n) is 5.78. The van der Waals surface area contributed by atoms with Gasteiger partial charge in [-0.15, -0.1) is 0 Å². The summed E-state index contributed by atoms with van der Waals surface area (Å²) >= 11 is 5.72. The molecule has 1 aromatic rings. The molecule has 4 aliphatic rings. The maximum atomic E-state index is 14.8. The van der Waals surface area contributed by atoms with E-state index in [0.717, 1.165) is 12.1 Å². The van der Waals surface area contributed by atoms with Crippen LogP contribution in [0.3, 0.4) is 0 Å². The Kier molecular flexibility index (Phi) is 8.13. The van der Waals surface area contributed by atoms with Crippen LogP contribution in [0.5, 0.6) is 0 Å². The maximum absolute atomic E-state index is 14.8. The fraction of sp³-hybridized carbons (Fsp3) is 0.640. The number of nitrogens with zero attached hydrogens (tertiary/aromatic N) is 4. The van der Waals surface area contributed by atoms with Crippen molar-refractivity contribution in [3.05, 3.63) is 34.4 Å². The van der Waals surface area contributed by atoms with Gasteiger partial charge in [-0.25, -0.2) is 8.78 Å². The second-order valence-corrected chi connectivity index (χ2v) is 13.1. The fourth-order valence-corrected chi connectivity index (χ4v) is 7.73. The van der Waals surface area contributed by atoms with Crippen LogP contribution in [-0.4, -0.2) is 85.6 Å². The SMILES string of the molecule is N#CC1CN(S(=O)(=O)N2CCCC(C(=O)N3CCCC3C(=O)N[C@H](c3cc(F)c(Cl)cc3F)C3CNC3)C2)C1. The number of rotatable bonds is 7. The lowest BCUT2D eigenvalue weighted by Crippen LogP contribution is -2.58. The molecule has 0 aliphatic carbocycles. The number of piperidine rings is 1. The molecule has 4 heterocycles. The number of nitriles is 1. The van der Waals surface area contributed by atoms with E-state index in [-0.39, 0.29) is 48.0 Å².